The van der Waals surface area contributed by atoms with Gasteiger partial charge in [-0.15, -0.1) is 0 Å². The zero-order chi connectivity index (χ0) is 17.3. The second kappa shape index (κ2) is 6.21. The third-order valence-electron chi connectivity index (χ3n) is 3.31. The predicted octanol–water partition coefficient (Wildman–Crippen LogP) is 3.17. The van der Waals surface area contributed by atoms with Gasteiger partial charge in [-0.05, 0) is 36.8 Å². The van der Waals surface area contributed by atoms with Crippen molar-refractivity contribution in [1.29, 1.82) is 0 Å². The number of hydrogen-bond acceptors (Lipinski definition) is 4. The van der Waals surface area contributed by atoms with Crippen molar-refractivity contribution < 1.29 is 12.8 Å². The minimum absolute atomic E-state index is 0.0377. The molecule has 1 heterocycles. The topological polar surface area (TPSA) is 76.9 Å². The first-order valence-corrected chi connectivity index (χ1v) is 8.66. The summed E-state index contributed by atoms with van der Waals surface area (Å²) in [5.74, 6) is -0.636. The first-order valence-electron chi connectivity index (χ1n) is 6.80. The number of halogens is 2. The molecule has 0 fully saturated rings. The van der Waals surface area contributed by atoms with Gasteiger partial charge in [0.1, 0.15) is 18.3 Å². The van der Waals surface area contributed by atoms with Crippen LogP contribution in [0.15, 0.2) is 53.9 Å². The Morgan fingerprint density at radius 3 is 2.67 bits per heavy atom. The molecular weight excluding hydrogens is 355 g/mol. The second-order valence-electron chi connectivity index (χ2n) is 5.02. The van der Waals surface area contributed by atoms with Crippen LogP contribution in [0.25, 0.3) is 5.69 Å². The summed E-state index contributed by atoms with van der Waals surface area (Å²) in [5.41, 5.74) is 0.789. The molecule has 0 radical (unpaired) electrons. The van der Waals surface area contributed by atoms with Crippen LogP contribution in [0.4, 0.5) is 10.1 Å². The molecule has 124 valence electrons. The molecule has 3 rings (SSSR count). The third-order valence-corrected chi connectivity index (χ3v) is 5.06. The maximum atomic E-state index is 14.2. The van der Waals surface area contributed by atoms with Gasteiger partial charge < -0.3 is 0 Å². The lowest BCUT2D eigenvalue weighted by atomic mass is 10.2. The van der Waals surface area contributed by atoms with E-state index in [9.17, 15) is 12.8 Å². The Hall–Kier alpha value is -2.45. The van der Waals surface area contributed by atoms with Gasteiger partial charge in [0.05, 0.1) is 10.6 Å². The zero-order valence-corrected chi connectivity index (χ0v) is 14.0. The Morgan fingerprint density at radius 1 is 1.21 bits per heavy atom. The third kappa shape index (κ3) is 3.24. The van der Waals surface area contributed by atoms with E-state index in [1.807, 2.05) is 0 Å². The van der Waals surface area contributed by atoms with E-state index >= 15 is 0 Å². The number of hydrogen-bond donors (Lipinski definition) is 1. The molecule has 9 heteroatoms. The molecule has 0 aliphatic heterocycles. The highest BCUT2D eigenvalue weighted by molar-refractivity contribution is 7.92. The van der Waals surface area contributed by atoms with Crippen molar-refractivity contribution in [1.82, 2.24) is 14.8 Å². The van der Waals surface area contributed by atoms with E-state index in [1.165, 1.54) is 35.5 Å². The summed E-state index contributed by atoms with van der Waals surface area (Å²) in [7, 11) is -3.89. The molecule has 6 nitrogen and oxygen atoms in total. The molecule has 3 aromatic rings. The highest BCUT2D eigenvalue weighted by Crippen LogP contribution is 2.24. The van der Waals surface area contributed by atoms with E-state index in [1.54, 1.807) is 19.1 Å². The molecular formula is C15H12ClFN4O2S. The van der Waals surface area contributed by atoms with Gasteiger partial charge in [0.25, 0.3) is 10.0 Å². The molecule has 24 heavy (non-hydrogen) atoms. The van der Waals surface area contributed by atoms with Crippen molar-refractivity contribution in [3.05, 3.63) is 65.5 Å². The molecule has 0 saturated carbocycles. The average Bonchev–Trinajstić information content (AvgIpc) is 3.03. The normalized spacial score (nSPS) is 11.5. The summed E-state index contributed by atoms with van der Waals surface area (Å²) in [5, 5.41) is 4.13. The molecule has 0 atom stereocenters. The van der Waals surface area contributed by atoms with Gasteiger partial charge in [-0.2, -0.15) is 5.10 Å². The van der Waals surface area contributed by atoms with Crippen LogP contribution in [0.5, 0.6) is 0 Å². The van der Waals surface area contributed by atoms with E-state index in [0.717, 1.165) is 6.07 Å². The Labute approximate surface area is 143 Å². The van der Waals surface area contributed by atoms with Crippen LogP contribution in [0.3, 0.4) is 0 Å². The Morgan fingerprint density at radius 2 is 2.00 bits per heavy atom. The van der Waals surface area contributed by atoms with Crippen molar-refractivity contribution >= 4 is 27.3 Å². The summed E-state index contributed by atoms with van der Waals surface area (Å²) in [4.78, 5) is 3.78. The number of nitrogens with one attached hydrogen (secondary N) is 1. The fourth-order valence-corrected chi connectivity index (χ4v) is 3.72. The quantitative estimate of drug-likeness (QED) is 0.769. The maximum Gasteiger partial charge on any atom is 0.262 e. The number of benzene rings is 2. The molecule has 0 unspecified atom stereocenters. The number of nitrogens with zero attached hydrogens (tertiary/aromatic N) is 3. The van der Waals surface area contributed by atoms with Crippen molar-refractivity contribution in [3.63, 3.8) is 0 Å². The fourth-order valence-electron chi connectivity index (χ4n) is 2.16. The van der Waals surface area contributed by atoms with Crippen molar-refractivity contribution in [3.8, 4) is 5.69 Å². The average molecular weight is 367 g/mol. The summed E-state index contributed by atoms with van der Waals surface area (Å²) >= 11 is 5.86. The highest BCUT2D eigenvalue weighted by atomic mass is 35.5. The van der Waals surface area contributed by atoms with Gasteiger partial charge >= 0.3 is 0 Å². The monoisotopic (exact) mass is 366 g/mol. The molecule has 0 aliphatic carbocycles. The summed E-state index contributed by atoms with van der Waals surface area (Å²) in [6, 6.07) is 8.48. The van der Waals surface area contributed by atoms with Crippen LogP contribution in [0, 0.1) is 12.7 Å². The van der Waals surface area contributed by atoms with E-state index in [0.29, 0.717) is 10.6 Å². The Kier molecular flexibility index (Phi) is 4.25. The van der Waals surface area contributed by atoms with Crippen LogP contribution in [-0.4, -0.2) is 23.2 Å². The highest BCUT2D eigenvalue weighted by Gasteiger charge is 2.18. The zero-order valence-electron chi connectivity index (χ0n) is 12.4. The lowest BCUT2D eigenvalue weighted by molar-refractivity contribution is 0.600. The van der Waals surface area contributed by atoms with Crippen LogP contribution in [0.2, 0.25) is 5.02 Å². The number of aromatic nitrogens is 3. The number of anilines is 1. The minimum atomic E-state index is -3.89. The maximum absolute atomic E-state index is 14.2. The molecule has 0 bridgehead atoms. The van der Waals surface area contributed by atoms with E-state index in [4.69, 9.17) is 11.6 Å². The van der Waals surface area contributed by atoms with Gasteiger partial charge in [-0.25, -0.2) is 22.5 Å². The molecule has 0 aliphatic rings. The molecule has 0 saturated heterocycles. The fraction of sp³-hybridized carbons (Fsp3) is 0.0667. The standard InChI is InChI=1S/C15H12ClFN4O2S/c1-10-2-3-11(16)6-15(10)24(22,23)20-12-4-5-14(13(17)7-12)21-9-18-8-19-21/h2-9,20H,1H3. The van der Waals surface area contributed by atoms with E-state index < -0.39 is 15.8 Å². The Bertz CT molecular complexity index is 991. The molecule has 0 spiro atoms. The van der Waals surface area contributed by atoms with E-state index in [2.05, 4.69) is 14.8 Å². The smallest absolute Gasteiger partial charge is 0.262 e. The lowest BCUT2D eigenvalue weighted by Crippen LogP contribution is -2.14. The van der Waals surface area contributed by atoms with Gasteiger partial charge in [0, 0.05) is 11.1 Å². The van der Waals surface area contributed by atoms with Gasteiger partial charge in [0.2, 0.25) is 0 Å². The van der Waals surface area contributed by atoms with Crippen molar-refractivity contribution in [2.45, 2.75) is 11.8 Å². The van der Waals surface area contributed by atoms with Crippen LogP contribution in [-0.2, 0) is 10.0 Å². The number of rotatable bonds is 4. The predicted molar refractivity (Wildman–Crippen MR) is 88.3 cm³/mol. The summed E-state index contributed by atoms with van der Waals surface area (Å²) in [6.07, 6.45) is 2.62. The second-order valence-corrected chi connectivity index (χ2v) is 7.11. The first-order chi connectivity index (χ1) is 11.4. The van der Waals surface area contributed by atoms with Crippen molar-refractivity contribution in [2.24, 2.45) is 0 Å². The minimum Gasteiger partial charge on any atom is -0.280 e. The lowest BCUT2D eigenvalue weighted by Gasteiger charge is -2.12. The van der Waals surface area contributed by atoms with Crippen LogP contribution in [0.1, 0.15) is 5.56 Å². The number of aryl methyl sites for hydroxylation is 1. The van der Waals surface area contributed by atoms with Crippen LogP contribution >= 0.6 is 11.6 Å². The molecule has 2 aromatic carbocycles. The van der Waals surface area contributed by atoms with Crippen molar-refractivity contribution in [2.75, 3.05) is 4.72 Å². The summed E-state index contributed by atoms with van der Waals surface area (Å²) < 4.78 is 42.7. The SMILES string of the molecule is Cc1ccc(Cl)cc1S(=O)(=O)Nc1ccc(-n2cncn2)c(F)c1. The first kappa shape index (κ1) is 16.4. The largest absolute Gasteiger partial charge is 0.280 e. The summed E-state index contributed by atoms with van der Waals surface area (Å²) in [6.45, 7) is 1.65. The molecule has 1 aromatic heterocycles. The van der Waals surface area contributed by atoms with Crippen LogP contribution < -0.4 is 4.72 Å². The van der Waals surface area contributed by atoms with E-state index in [-0.39, 0.29) is 16.3 Å². The Balaban J connectivity index is 1.93. The van der Waals surface area contributed by atoms with Gasteiger partial charge in [0.15, 0.2) is 5.82 Å². The van der Waals surface area contributed by atoms with Gasteiger partial charge in [-0.3, -0.25) is 4.72 Å². The number of sulfonamides is 1. The molecule has 1 N–H and O–H groups in total. The molecule has 0 amide bonds. The van der Waals surface area contributed by atoms with Gasteiger partial charge in [-0.1, -0.05) is 17.7 Å².